The molecule has 0 aliphatic carbocycles. The number of hydrogen-bond donors (Lipinski definition) is 0. The van der Waals surface area contributed by atoms with Crippen molar-refractivity contribution in [2.24, 2.45) is 0 Å². The molecule has 0 saturated carbocycles. The maximum absolute atomic E-state index is 12.7. The lowest BCUT2D eigenvalue weighted by atomic mass is 10.1. The van der Waals surface area contributed by atoms with Crippen LogP contribution in [-0.2, 0) is 11.3 Å². The van der Waals surface area contributed by atoms with Crippen LogP contribution >= 0.6 is 0 Å². The van der Waals surface area contributed by atoms with Gasteiger partial charge in [-0.15, -0.1) is 0 Å². The number of carbonyl (C=O) groups excluding carboxylic acids is 2. The van der Waals surface area contributed by atoms with Crippen molar-refractivity contribution in [3.8, 4) is 11.5 Å². The summed E-state index contributed by atoms with van der Waals surface area (Å²) in [6.07, 6.45) is 0. The number of ether oxygens (including phenoxy) is 3. The van der Waals surface area contributed by atoms with Crippen molar-refractivity contribution in [1.29, 1.82) is 0 Å². The number of Topliss-reactive ketones (excluding diaryl/α,β-unsaturated/α-hetero) is 1. The predicted molar refractivity (Wildman–Crippen MR) is 111 cm³/mol. The minimum absolute atomic E-state index is 0.222. The Kier molecular flexibility index (Phi) is 5.31. The molecule has 1 aliphatic heterocycles. The number of hydrogen-bond acceptors (Lipinski definition) is 5. The largest absolute Gasteiger partial charge is 0.454 e. The first-order valence-corrected chi connectivity index (χ1v) is 9.74. The molecule has 154 valence electrons. The summed E-state index contributed by atoms with van der Waals surface area (Å²) < 4.78 is 18.1. The third-order valence-corrected chi connectivity index (χ3v) is 5.27. The summed E-state index contributed by atoms with van der Waals surface area (Å²) in [5.41, 5.74) is 4.88. The number of nitrogens with zero attached hydrogens (tertiary/aromatic N) is 1. The Morgan fingerprint density at radius 2 is 1.70 bits per heavy atom. The highest BCUT2D eigenvalue weighted by atomic mass is 16.7. The van der Waals surface area contributed by atoms with Gasteiger partial charge in [-0.1, -0.05) is 23.8 Å². The van der Waals surface area contributed by atoms with Crippen LogP contribution in [0.5, 0.6) is 11.5 Å². The minimum atomic E-state index is -0.502. The van der Waals surface area contributed by atoms with Gasteiger partial charge in [0, 0.05) is 23.5 Å². The number of aryl methyl sites for hydroxylation is 2. The Labute approximate surface area is 175 Å². The van der Waals surface area contributed by atoms with Gasteiger partial charge < -0.3 is 18.8 Å². The number of esters is 1. The summed E-state index contributed by atoms with van der Waals surface area (Å²) in [6.45, 7) is 6.34. The summed E-state index contributed by atoms with van der Waals surface area (Å²) in [6, 6.07) is 14.7. The molecule has 0 bridgehead atoms. The molecule has 2 heterocycles. The van der Waals surface area contributed by atoms with Crippen LogP contribution in [0.2, 0.25) is 0 Å². The van der Waals surface area contributed by atoms with Gasteiger partial charge in [0.05, 0.1) is 5.56 Å². The van der Waals surface area contributed by atoms with Crippen LogP contribution in [0.15, 0.2) is 48.5 Å². The van der Waals surface area contributed by atoms with E-state index in [1.807, 2.05) is 57.2 Å². The van der Waals surface area contributed by atoms with E-state index in [4.69, 9.17) is 14.2 Å². The maximum Gasteiger partial charge on any atom is 0.338 e. The molecule has 1 aromatic heterocycles. The third-order valence-electron chi connectivity index (χ3n) is 5.27. The number of fused-ring (bicyclic) bond motifs is 1. The fourth-order valence-corrected chi connectivity index (χ4v) is 3.53. The van der Waals surface area contributed by atoms with E-state index in [1.54, 1.807) is 12.1 Å². The highest BCUT2D eigenvalue weighted by Gasteiger charge is 2.19. The molecule has 3 aromatic rings. The van der Waals surface area contributed by atoms with Gasteiger partial charge in [0.1, 0.15) is 0 Å². The van der Waals surface area contributed by atoms with Gasteiger partial charge in [0.25, 0.3) is 0 Å². The van der Waals surface area contributed by atoms with Gasteiger partial charge in [0.15, 0.2) is 18.1 Å². The monoisotopic (exact) mass is 405 g/mol. The van der Waals surface area contributed by atoms with Crippen LogP contribution in [0, 0.1) is 20.8 Å². The number of ketones is 1. The standard InChI is InChI=1S/C24H23NO5/c1-15-4-7-19(8-5-15)24(27)28-13-21(26)20-10-16(2)25(17(20)3)12-18-6-9-22-23(11-18)30-14-29-22/h4-11H,12-14H2,1-3H3. The molecule has 4 rings (SSSR count). The molecular weight excluding hydrogens is 382 g/mol. The van der Waals surface area contributed by atoms with E-state index in [9.17, 15) is 9.59 Å². The van der Waals surface area contributed by atoms with Crippen molar-refractivity contribution < 1.29 is 23.8 Å². The Bertz CT molecular complexity index is 1110. The lowest BCUT2D eigenvalue weighted by Crippen LogP contribution is -2.15. The van der Waals surface area contributed by atoms with Crippen molar-refractivity contribution >= 4 is 11.8 Å². The second-order valence-electron chi connectivity index (χ2n) is 7.42. The molecule has 0 saturated heterocycles. The van der Waals surface area contributed by atoms with Crippen molar-refractivity contribution in [2.75, 3.05) is 13.4 Å². The van der Waals surface area contributed by atoms with E-state index in [0.29, 0.717) is 17.7 Å². The number of carbonyl (C=O) groups is 2. The van der Waals surface area contributed by atoms with Gasteiger partial charge in [-0.25, -0.2) is 4.79 Å². The van der Waals surface area contributed by atoms with Crippen molar-refractivity contribution in [3.63, 3.8) is 0 Å². The van der Waals surface area contributed by atoms with Crippen LogP contribution in [0.4, 0.5) is 0 Å². The molecule has 0 atom stereocenters. The van der Waals surface area contributed by atoms with Crippen LogP contribution < -0.4 is 9.47 Å². The molecule has 1 aliphatic rings. The second kappa shape index (κ2) is 8.06. The Balaban J connectivity index is 1.45. The Morgan fingerprint density at radius 3 is 2.47 bits per heavy atom. The smallest absolute Gasteiger partial charge is 0.338 e. The Hall–Kier alpha value is -3.54. The van der Waals surface area contributed by atoms with Gasteiger partial charge in [0.2, 0.25) is 12.6 Å². The van der Waals surface area contributed by atoms with Crippen LogP contribution in [-0.4, -0.2) is 29.7 Å². The summed E-state index contributed by atoms with van der Waals surface area (Å²) in [5.74, 6) is 0.748. The highest BCUT2D eigenvalue weighted by molar-refractivity contribution is 6.00. The quantitative estimate of drug-likeness (QED) is 0.454. The lowest BCUT2D eigenvalue weighted by Gasteiger charge is -2.11. The van der Waals surface area contributed by atoms with E-state index in [0.717, 1.165) is 34.0 Å². The molecule has 2 aromatic carbocycles. The first-order chi connectivity index (χ1) is 14.4. The van der Waals surface area contributed by atoms with Crippen molar-refractivity contribution in [3.05, 3.63) is 82.2 Å². The number of rotatable bonds is 6. The molecule has 0 fully saturated rings. The number of aromatic nitrogens is 1. The van der Waals surface area contributed by atoms with Gasteiger partial charge in [-0.05, 0) is 56.7 Å². The normalized spacial score (nSPS) is 12.1. The fourth-order valence-electron chi connectivity index (χ4n) is 3.53. The molecule has 0 N–H and O–H groups in total. The second-order valence-corrected chi connectivity index (χ2v) is 7.42. The zero-order chi connectivity index (χ0) is 21.3. The molecule has 0 spiro atoms. The molecule has 0 amide bonds. The van der Waals surface area contributed by atoms with Gasteiger partial charge >= 0.3 is 5.97 Å². The summed E-state index contributed by atoms with van der Waals surface area (Å²) >= 11 is 0. The summed E-state index contributed by atoms with van der Waals surface area (Å²) in [7, 11) is 0. The third kappa shape index (κ3) is 3.94. The van der Waals surface area contributed by atoms with E-state index < -0.39 is 5.97 Å². The fraction of sp³-hybridized carbons (Fsp3) is 0.250. The van der Waals surface area contributed by atoms with E-state index in [1.165, 1.54) is 0 Å². The summed E-state index contributed by atoms with van der Waals surface area (Å²) in [4.78, 5) is 24.9. The van der Waals surface area contributed by atoms with Crippen LogP contribution in [0.3, 0.4) is 0 Å². The van der Waals surface area contributed by atoms with E-state index >= 15 is 0 Å². The van der Waals surface area contributed by atoms with E-state index in [2.05, 4.69) is 4.57 Å². The lowest BCUT2D eigenvalue weighted by molar-refractivity contribution is 0.0474. The maximum atomic E-state index is 12.7. The molecule has 30 heavy (non-hydrogen) atoms. The minimum Gasteiger partial charge on any atom is -0.454 e. The van der Waals surface area contributed by atoms with Crippen LogP contribution in [0.1, 0.15) is 43.2 Å². The zero-order valence-corrected chi connectivity index (χ0v) is 17.2. The molecule has 0 unspecified atom stereocenters. The molecule has 0 radical (unpaired) electrons. The number of benzene rings is 2. The van der Waals surface area contributed by atoms with Gasteiger partial charge in [-0.3, -0.25) is 4.79 Å². The van der Waals surface area contributed by atoms with Crippen LogP contribution in [0.25, 0.3) is 0 Å². The highest BCUT2D eigenvalue weighted by Crippen LogP contribution is 2.33. The summed E-state index contributed by atoms with van der Waals surface area (Å²) in [5, 5.41) is 0. The SMILES string of the molecule is Cc1ccc(C(=O)OCC(=O)c2cc(C)n(Cc3ccc4c(c3)OCO4)c2C)cc1. The molecular formula is C24H23NO5. The average molecular weight is 405 g/mol. The molecule has 6 nitrogen and oxygen atoms in total. The average Bonchev–Trinajstić information content (AvgIpc) is 3.31. The first kappa shape index (κ1) is 19.8. The van der Waals surface area contributed by atoms with Crippen molar-refractivity contribution in [2.45, 2.75) is 27.3 Å². The predicted octanol–water partition coefficient (Wildman–Crippen LogP) is 4.23. The van der Waals surface area contributed by atoms with Crippen molar-refractivity contribution in [1.82, 2.24) is 4.57 Å². The first-order valence-electron chi connectivity index (χ1n) is 9.74. The zero-order valence-electron chi connectivity index (χ0n) is 17.2. The topological polar surface area (TPSA) is 66.8 Å². The van der Waals surface area contributed by atoms with Gasteiger partial charge in [-0.2, -0.15) is 0 Å². The molecule has 6 heteroatoms. The Morgan fingerprint density at radius 1 is 0.967 bits per heavy atom. The van der Waals surface area contributed by atoms with E-state index in [-0.39, 0.29) is 19.2 Å².